The van der Waals surface area contributed by atoms with Crippen LogP contribution >= 0.6 is 0 Å². The van der Waals surface area contributed by atoms with Gasteiger partial charge in [0.25, 0.3) is 0 Å². The molecule has 4 rings (SSSR count). The predicted octanol–water partition coefficient (Wildman–Crippen LogP) is 3.13. The normalized spacial score (nSPS) is 20.6. The number of likely N-dealkylation sites (N-methyl/N-ethyl adjacent to an activating group) is 1. The molecule has 4 heteroatoms. The molecule has 1 saturated heterocycles. The summed E-state index contributed by atoms with van der Waals surface area (Å²) in [5.74, 6) is 1.31. The predicted molar refractivity (Wildman–Crippen MR) is 93.5 cm³/mol. The van der Waals surface area contributed by atoms with E-state index in [-0.39, 0.29) is 17.9 Å². The Hall–Kier alpha value is -2.33. The lowest BCUT2D eigenvalue weighted by molar-refractivity contribution is -0.122. The van der Waals surface area contributed by atoms with E-state index in [0.29, 0.717) is 0 Å². The highest BCUT2D eigenvalue weighted by Gasteiger charge is 2.33. The Bertz CT molecular complexity index is 713. The Morgan fingerprint density at radius 1 is 1.08 bits per heavy atom. The highest BCUT2D eigenvalue weighted by Crippen LogP contribution is 2.43. The van der Waals surface area contributed by atoms with Crippen LogP contribution in [0.3, 0.4) is 0 Å². The highest BCUT2D eigenvalue weighted by atomic mass is 16.5. The van der Waals surface area contributed by atoms with Crippen LogP contribution in [0.4, 0.5) is 0 Å². The molecule has 0 unspecified atom stereocenters. The first-order valence-corrected chi connectivity index (χ1v) is 8.57. The van der Waals surface area contributed by atoms with Crippen LogP contribution in [0.1, 0.15) is 29.9 Å². The standard InChI is InChI=1S/C20H22N2O2/c1-22-12-6-7-14(13-22)21-20(23)19-15-8-2-4-10-17(15)24-18-11-5-3-9-16(18)19/h2-5,8-11,14,19H,6-7,12-13H2,1H3,(H,21,23)/t14-/m0/s1. The van der Waals surface area contributed by atoms with Gasteiger partial charge in [0.2, 0.25) is 5.91 Å². The average Bonchev–Trinajstić information content (AvgIpc) is 2.59. The molecule has 0 spiro atoms. The zero-order valence-corrected chi connectivity index (χ0v) is 13.9. The summed E-state index contributed by atoms with van der Waals surface area (Å²) >= 11 is 0. The van der Waals surface area contributed by atoms with Crippen LogP contribution in [-0.2, 0) is 4.79 Å². The van der Waals surface area contributed by atoms with E-state index in [1.165, 1.54) is 0 Å². The minimum Gasteiger partial charge on any atom is -0.457 e. The van der Waals surface area contributed by atoms with Crippen molar-refractivity contribution in [2.75, 3.05) is 20.1 Å². The molecule has 1 N–H and O–H groups in total. The second-order valence-corrected chi connectivity index (χ2v) is 6.72. The van der Waals surface area contributed by atoms with Crippen molar-refractivity contribution in [1.82, 2.24) is 10.2 Å². The smallest absolute Gasteiger partial charge is 0.232 e. The van der Waals surface area contributed by atoms with Gasteiger partial charge in [0.05, 0.1) is 5.92 Å². The monoisotopic (exact) mass is 322 g/mol. The number of nitrogens with zero attached hydrogens (tertiary/aromatic N) is 1. The van der Waals surface area contributed by atoms with E-state index < -0.39 is 0 Å². The van der Waals surface area contributed by atoms with Gasteiger partial charge in [-0.1, -0.05) is 36.4 Å². The van der Waals surface area contributed by atoms with Crippen LogP contribution in [0.15, 0.2) is 48.5 Å². The van der Waals surface area contributed by atoms with Crippen molar-refractivity contribution >= 4 is 5.91 Å². The fraction of sp³-hybridized carbons (Fsp3) is 0.350. The zero-order valence-electron chi connectivity index (χ0n) is 13.9. The van der Waals surface area contributed by atoms with Gasteiger partial charge in [-0.05, 0) is 38.6 Å². The van der Waals surface area contributed by atoms with Gasteiger partial charge in [0, 0.05) is 23.7 Å². The van der Waals surface area contributed by atoms with E-state index in [1.54, 1.807) is 0 Å². The maximum Gasteiger partial charge on any atom is 0.232 e. The molecule has 4 nitrogen and oxygen atoms in total. The Morgan fingerprint density at radius 3 is 2.33 bits per heavy atom. The van der Waals surface area contributed by atoms with Crippen LogP contribution in [0.2, 0.25) is 0 Å². The molecular formula is C20H22N2O2. The number of para-hydroxylation sites is 2. The number of carbonyl (C=O) groups is 1. The molecule has 0 aliphatic carbocycles. The van der Waals surface area contributed by atoms with E-state index in [1.807, 2.05) is 48.5 Å². The Balaban J connectivity index is 1.65. The second-order valence-electron chi connectivity index (χ2n) is 6.72. The number of nitrogens with one attached hydrogen (secondary N) is 1. The number of carbonyl (C=O) groups excluding carboxylic acids is 1. The van der Waals surface area contributed by atoms with Crippen LogP contribution in [-0.4, -0.2) is 37.0 Å². The van der Waals surface area contributed by atoms with Crippen molar-refractivity contribution in [2.24, 2.45) is 0 Å². The molecule has 1 fully saturated rings. The lowest BCUT2D eigenvalue weighted by atomic mass is 9.87. The number of likely N-dealkylation sites (tertiary alicyclic amines) is 1. The van der Waals surface area contributed by atoms with E-state index in [4.69, 9.17) is 4.74 Å². The molecule has 1 amide bonds. The molecule has 0 radical (unpaired) electrons. The fourth-order valence-electron chi connectivity index (χ4n) is 3.76. The molecule has 2 heterocycles. The largest absolute Gasteiger partial charge is 0.457 e. The number of rotatable bonds is 2. The van der Waals surface area contributed by atoms with Crippen molar-refractivity contribution in [2.45, 2.75) is 24.8 Å². The summed E-state index contributed by atoms with van der Waals surface area (Å²) in [6.45, 7) is 2.02. The summed E-state index contributed by atoms with van der Waals surface area (Å²) in [6.07, 6.45) is 2.17. The summed E-state index contributed by atoms with van der Waals surface area (Å²) in [7, 11) is 2.11. The molecule has 2 aromatic rings. The summed E-state index contributed by atoms with van der Waals surface area (Å²) in [5.41, 5.74) is 1.88. The van der Waals surface area contributed by atoms with Gasteiger partial charge in [0.1, 0.15) is 11.5 Å². The number of benzene rings is 2. The third-order valence-corrected chi connectivity index (χ3v) is 4.91. The van der Waals surface area contributed by atoms with Crippen molar-refractivity contribution in [1.29, 1.82) is 0 Å². The second kappa shape index (κ2) is 6.29. The van der Waals surface area contributed by atoms with Crippen LogP contribution in [0.25, 0.3) is 0 Å². The first kappa shape index (κ1) is 15.2. The molecule has 2 aliphatic rings. The van der Waals surface area contributed by atoms with E-state index in [0.717, 1.165) is 48.6 Å². The maximum absolute atomic E-state index is 13.1. The Labute approximate surface area is 142 Å². The number of hydrogen-bond acceptors (Lipinski definition) is 3. The third kappa shape index (κ3) is 2.78. The summed E-state index contributed by atoms with van der Waals surface area (Å²) < 4.78 is 5.98. The minimum atomic E-state index is -0.307. The summed E-state index contributed by atoms with van der Waals surface area (Å²) in [6, 6.07) is 15.9. The maximum atomic E-state index is 13.1. The number of amides is 1. The first-order valence-electron chi connectivity index (χ1n) is 8.57. The topological polar surface area (TPSA) is 41.6 Å². The average molecular weight is 322 g/mol. The Kier molecular flexibility index (Phi) is 3.98. The molecule has 0 aromatic heterocycles. The van der Waals surface area contributed by atoms with Gasteiger partial charge < -0.3 is 15.0 Å². The molecule has 124 valence electrons. The van der Waals surface area contributed by atoms with Crippen LogP contribution < -0.4 is 10.1 Å². The third-order valence-electron chi connectivity index (χ3n) is 4.91. The quantitative estimate of drug-likeness (QED) is 0.923. The first-order chi connectivity index (χ1) is 11.7. The fourth-order valence-corrected chi connectivity index (χ4v) is 3.76. The number of piperidine rings is 1. The highest BCUT2D eigenvalue weighted by molar-refractivity contribution is 5.89. The van der Waals surface area contributed by atoms with Crippen molar-refractivity contribution < 1.29 is 9.53 Å². The van der Waals surface area contributed by atoms with Gasteiger partial charge >= 0.3 is 0 Å². The number of hydrogen-bond donors (Lipinski definition) is 1. The minimum absolute atomic E-state index is 0.0681. The van der Waals surface area contributed by atoms with E-state index in [9.17, 15) is 4.79 Å². The molecule has 0 saturated carbocycles. The molecule has 0 bridgehead atoms. The van der Waals surface area contributed by atoms with Gasteiger partial charge in [-0.2, -0.15) is 0 Å². The van der Waals surface area contributed by atoms with Gasteiger partial charge in [-0.15, -0.1) is 0 Å². The molecule has 24 heavy (non-hydrogen) atoms. The van der Waals surface area contributed by atoms with Crippen LogP contribution in [0, 0.1) is 0 Å². The summed E-state index contributed by atoms with van der Waals surface area (Å²) in [5, 5.41) is 3.26. The van der Waals surface area contributed by atoms with Crippen LogP contribution in [0.5, 0.6) is 11.5 Å². The molecular weight excluding hydrogens is 300 g/mol. The van der Waals surface area contributed by atoms with E-state index >= 15 is 0 Å². The van der Waals surface area contributed by atoms with Crippen molar-refractivity contribution in [3.05, 3.63) is 59.7 Å². The molecule has 1 atom stereocenters. The van der Waals surface area contributed by atoms with Gasteiger partial charge in [0.15, 0.2) is 0 Å². The molecule has 2 aromatic carbocycles. The zero-order chi connectivity index (χ0) is 16.5. The summed E-state index contributed by atoms with van der Waals surface area (Å²) in [4.78, 5) is 15.4. The number of ether oxygens (including phenoxy) is 1. The van der Waals surface area contributed by atoms with E-state index in [2.05, 4.69) is 17.3 Å². The lowest BCUT2D eigenvalue weighted by Crippen LogP contribution is -2.47. The van der Waals surface area contributed by atoms with Gasteiger partial charge in [-0.3, -0.25) is 4.79 Å². The van der Waals surface area contributed by atoms with Crippen molar-refractivity contribution in [3.63, 3.8) is 0 Å². The van der Waals surface area contributed by atoms with Crippen molar-refractivity contribution in [3.8, 4) is 11.5 Å². The number of fused-ring (bicyclic) bond motifs is 2. The SMILES string of the molecule is CN1CCC[C@H](NC(=O)C2c3ccccc3Oc3ccccc32)C1. The molecule has 2 aliphatic heterocycles. The Morgan fingerprint density at radius 2 is 1.71 bits per heavy atom. The lowest BCUT2D eigenvalue weighted by Gasteiger charge is -2.33. The van der Waals surface area contributed by atoms with Gasteiger partial charge in [-0.25, -0.2) is 0 Å².